The number of ether oxygens (including phenoxy) is 1. The van der Waals surface area contributed by atoms with Gasteiger partial charge in [0.15, 0.2) is 0 Å². The smallest absolute Gasteiger partial charge is 0.333 e. The van der Waals surface area contributed by atoms with E-state index in [9.17, 15) is 18.3 Å². The van der Waals surface area contributed by atoms with E-state index in [1.54, 1.807) is 12.1 Å². The van der Waals surface area contributed by atoms with Gasteiger partial charge in [0.25, 0.3) is 10.0 Å². The van der Waals surface area contributed by atoms with E-state index in [0.29, 0.717) is 11.4 Å². The molecule has 3 N–H and O–H groups in total. The Morgan fingerprint density at radius 1 is 1.31 bits per heavy atom. The molecule has 0 aliphatic rings. The number of rotatable bonds is 6. The largest absolute Gasteiger partial charge is 0.495 e. The van der Waals surface area contributed by atoms with Crippen molar-refractivity contribution in [2.75, 3.05) is 12.4 Å². The summed E-state index contributed by atoms with van der Waals surface area (Å²) in [6.07, 6.45) is 1.87. The predicted molar refractivity (Wildman–Crippen MR) is 95.7 cm³/mol. The molecule has 1 heterocycles. The van der Waals surface area contributed by atoms with Crippen LogP contribution in [0.3, 0.4) is 0 Å². The van der Waals surface area contributed by atoms with E-state index in [1.807, 2.05) is 17.7 Å². The van der Waals surface area contributed by atoms with E-state index < -0.39 is 26.7 Å². The number of aryl methyl sites for hydroxylation is 1. The van der Waals surface area contributed by atoms with Crippen molar-refractivity contribution < 1.29 is 27.5 Å². The Bertz CT molecular complexity index is 896. The van der Waals surface area contributed by atoms with Crippen LogP contribution in [-0.4, -0.2) is 26.7 Å². The van der Waals surface area contributed by atoms with Gasteiger partial charge in [-0.3, -0.25) is 0 Å². The number of amides is 2. The summed E-state index contributed by atoms with van der Waals surface area (Å²) in [5, 5.41) is 11.9. The summed E-state index contributed by atoms with van der Waals surface area (Å²) in [6, 6.07) is 5.43. The highest BCUT2D eigenvalue weighted by Gasteiger charge is 2.26. The molecule has 0 atom stereocenters. The van der Waals surface area contributed by atoms with Crippen molar-refractivity contribution in [2.24, 2.45) is 0 Å². The molecule has 0 fully saturated rings. The van der Waals surface area contributed by atoms with Gasteiger partial charge in [-0.25, -0.2) is 9.52 Å². The molecule has 0 radical (unpaired) electrons. The second kappa shape index (κ2) is 7.38. The number of benzene rings is 1. The molecule has 0 aliphatic carbocycles. The zero-order chi connectivity index (χ0) is 19.5. The van der Waals surface area contributed by atoms with E-state index >= 15 is 0 Å². The van der Waals surface area contributed by atoms with Crippen LogP contribution >= 0.6 is 0 Å². The second-order valence-corrected chi connectivity index (χ2v) is 7.77. The lowest BCUT2D eigenvalue weighted by Gasteiger charge is -2.13. The van der Waals surface area contributed by atoms with Crippen LogP contribution < -0.4 is 14.8 Å². The van der Waals surface area contributed by atoms with Gasteiger partial charge in [-0.1, -0.05) is 13.0 Å². The quantitative estimate of drug-likeness (QED) is 0.707. The molecule has 0 unspecified atom stereocenters. The van der Waals surface area contributed by atoms with Gasteiger partial charge in [-0.2, -0.15) is 8.42 Å². The minimum atomic E-state index is -4.23. The van der Waals surface area contributed by atoms with Gasteiger partial charge in [0.1, 0.15) is 5.75 Å². The van der Waals surface area contributed by atoms with Gasteiger partial charge in [-0.15, -0.1) is 0 Å². The van der Waals surface area contributed by atoms with Crippen LogP contribution in [-0.2, 0) is 22.0 Å². The van der Waals surface area contributed by atoms with E-state index in [-0.39, 0.29) is 5.56 Å². The molecule has 2 rings (SSSR count). The monoisotopic (exact) mass is 382 g/mol. The number of aliphatic hydroxyl groups is 1. The fourth-order valence-electron chi connectivity index (χ4n) is 2.17. The second-order valence-electron chi connectivity index (χ2n) is 6.16. The van der Waals surface area contributed by atoms with Crippen LogP contribution in [0.15, 0.2) is 40.0 Å². The van der Waals surface area contributed by atoms with E-state index in [4.69, 9.17) is 9.15 Å². The first-order valence-electron chi connectivity index (χ1n) is 7.89. The number of carbonyl (C=O) groups is 1. The number of nitrogens with one attached hydrogen (secondary N) is 2. The maximum absolute atomic E-state index is 12.3. The van der Waals surface area contributed by atoms with Crippen LogP contribution in [0, 0.1) is 0 Å². The number of methoxy groups -OCH3 is 1. The number of furan rings is 1. The Labute approximate surface area is 152 Å². The molecule has 9 heteroatoms. The highest BCUT2D eigenvalue weighted by atomic mass is 32.2. The molecule has 26 heavy (non-hydrogen) atoms. The maximum Gasteiger partial charge on any atom is 0.333 e. The van der Waals surface area contributed by atoms with Crippen molar-refractivity contribution in [3.05, 3.63) is 41.7 Å². The molecule has 1 aromatic heterocycles. The number of sulfonamides is 1. The summed E-state index contributed by atoms with van der Waals surface area (Å²) in [7, 11) is -2.79. The first kappa shape index (κ1) is 19.8. The van der Waals surface area contributed by atoms with Gasteiger partial charge in [0.2, 0.25) is 5.09 Å². The number of hydrogen-bond acceptors (Lipinski definition) is 6. The molecule has 0 aliphatic heterocycles. The topological polar surface area (TPSA) is 118 Å². The number of hydrogen-bond donors (Lipinski definition) is 3. The lowest BCUT2D eigenvalue weighted by Crippen LogP contribution is -2.34. The van der Waals surface area contributed by atoms with Gasteiger partial charge in [0.05, 0.1) is 24.7 Å². The van der Waals surface area contributed by atoms with Crippen LogP contribution in [0.2, 0.25) is 0 Å². The van der Waals surface area contributed by atoms with Gasteiger partial charge in [0, 0.05) is 11.6 Å². The normalized spacial score (nSPS) is 11.9. The van der Waals surface area contributed by atoms with E-state index in [0.717, 1.165) is 24.3 Å². The molecule has 1 aromatic carbocycles. The summed E-state index contributed by atoms with van der Waals surface area (Å²) in [6.45, 7) is 4.93. The first-order chi connectivity index (χ1) is 12.1. The number of anilines is 1. The average molecular weight is 382 g/mol. The molecular formula is C17H22N2O6S. The lowest BCUT2D eigenvalue weighted by molar-refractivity contribution is 0.0779. The average Bonchev–Trinajstić information content (AvgIpc) is 3.05. The fraction of sp³-hybridized carbons (Fsp3) is 0.353. The Morgan fingerprint density at radius 2 is 2.00 bits per heavy atom. The van der Waals surface area contributed by atoms with E-state index in [1.165, 1.54) is 21.0 Å². The molecule has 2 amide bonds. The zero-order valence-corrected chi connectivity index (χ0v) is 15.8. The number of carbonyl (C=O) groups excluding carboxylic acids is 1. The van der Waals surface area contributed by atoms with Gasteiger partial charge in [-0.05, 0) is 38.0 Å². The molecule has 0 bridgehead atoms. The zero-order valence-electron chi connectivity index (χ0n) is 15.0. The fourth-order valence-corrected chi connectivity index (χ4v) is 3.02. The Kier molecular flexibility index (Phi) is 5.62. The minimum absolute atomic E-state index is 0.274. The third-order valence-corrected chi connectivity index (χ3v) is 4.89. The molecule has 2 aromatic rings. The van der Waals surface area contributed by atoms with Crippen LogP contribution in [0.4, 0.5) is 10.5 Å². The van der Waals surface area contributed by atoms with Gasteiger partial charge >= 0.3 is 6.03 Å². The Morgan fingerprint density at radius 3 is 2.54 bits per heavy atom. The third-order valence-electron chi connectivity index (χ3n) is 3.69. The SMILES string of the molecule is CCc1ccc(OC)c(NC(=O)NS(=O)(=O)c2cc(C(C)(C)O)co2)c1. The summed E-state index contributed by atoms with van der Waals surface area (Å²) in [5.41, 5.74) is 0.296. The van der Waals surface area contributed by atoms with Crippen molar-refractivity contribution >= 4 is 21.7 Å². The maximum atomic E-state index is 12.3. The number of urea groups is 1. The highest BCUT2D eigenvalue weighted by Crippen LogP contribution is 2.26. The summed E-state index contributed by atoms with van der Waals surface area (Å²) in [5.74, 6) is 0.400. The molecule has 0 saturated carbocycles. The molecule has 0 saturated heterocycles. The van der Waals surface area contributed by atoms with Crippen molar-refractivity contribution in [3.63, 3.8) is 0 Å². The highest BCUT2D eigenvalue weighted by molar-refractivity contribution is 7.89. The summed E-state index contributed by atoms with van der Waals surface area (Å²) >= 11 is 0. The predicted octanol–water partition coefficient (Wildman–Crippen LogP) is 2.59. The molecular weight excluding hydrogens is 360 g/mol. The van der Waals surface area contributed by atoms with Crippen molar-refractivity contribution in [2.45, 2.75) is 37.9 Å². The molecule has 8 nitrogen and oxygen atoms in total. The third kappa shape index (κ3) is 4.55. The minimum Gasteiger partial charge on any atom is -0.495 e. The van der Waals surface area contributed by atoms with Crippen LogP contribution in [0.1, 0.15) is 31.9 Å². The van der Waals surface area contributed by atoms with Crippen LogP contribution in [0.25, 0.3) is 0 Å². The molecule has 142 valence electrons. The van der Waals surface area contributed by atoms with Crippen molar-refractivity contribution in [3.8, 4) is 5.75 Å². The van der Waals surface area contributed by atoms with Crippen molar-refractivity contribution in [1.29, 1.82) is 0 Å². The summed E-state index contributed by atoms with van der Waals surface area (Å²) in [4.78, 5) is 12.1. The lowest BCUT2D eigenvalue weighted by atomic mass is 10.0. The van der Waals surface area contributed by atoms with Gasteiger partial charge < -0.3 is 19.6 Å². The summed E-state index contributed by atoms with van der Waals surface area (Å²) < 4.78 is 36.5. The standard InChI is InChI=1S/C17H22N2O6S/c1-5-11-6-7-14(24-4)13(8-11)18-16(20)19-26(22,23)15-9-12(10-25-15)17(2,3)21/h6-10,21H,5H2,1-4H3,(H2,18,19,20). The first-order valence-corrected chi connectivity index (χ1v) is 9.37. The molecule has 0 spiro atoms. The van der Waals surface area contributed by atoms with E-state index in [2.05, 4.69) is 5.32 Å². The Balaban J connectivity index is 2.18. The Hall–Kier alpha value is -2.52. The van der Waals surface area contributed by atoms with Crippen molar-refractivity contribution in [1.82, 2.24) is 4.72 Å². The van der Waals surface area contributed by atoms with Crippen LogP contribution in [0.5, 0.6) is 5.75 Å².